The molecule has 0 radical (unpaired) electrons. The van der Waals surface area contributed by atoms with E-state index in [-0.39, 0.29) is 24.5 Å². The van der Waals surface area contributed by atoms with E-state index in [0.29, 0.717) is 0 Å². The lowest BCUT2D eigenvalue weighted by molar-refractivity contribution is -0.164. The SMILES string of the molecule is CCOC(=O)[C@@H](CC)[C@@H](OS(=O)(=O)c1ccc(C)cc1)C(=O)OCC. The number of rotatable bonds is 9. The maximum absolute atomic E-state index is 12.5. The van der Waals surface area contributed by atoms with Crippen molar-refractivity contribution >= 4 is 22.1 Å². The highest BCUT2D eigenvalue weighted by Gasteiger charge is 2.39. The number of esters is 2. The summed E-state index contributed by atoms with van der Waals surface area (Å²) in [4.78, 5) is 24.2. The molecule has 0 aliphatic rings. The average molecular weight is 372 g/mol. The lowest BCUT2D eigenvalue weighted by atomic mass is 10.00. The number of carbonyl (C=O) groups excluding carboxylic acids is 2. The number of ether oxygens (including phenoxy) is 2. The third kappa shape index (κ3) is 5.82. The molecule has 0 saturated heterocycles. The Morgan fingerprint density at radius 1 is 0.960 bits per heavy atom. The maximum Gasteiger partial charge on any atom is 0.337 e. The van der Waals surface area contributed by atoms with Crippen LogP contribution in [0.2, 0.25) is 0 Å². The first-order chi connectivity index (χ1) is 11.8. The van der Waals surface area contributed by atoms with Crippen molar-refractivity contribution in [2.45, 2.75) is 45.1 Å². The minimum Gasteiger partial charge on any atom is -0.466 e. The van der Waals surface area contributed by atoms with Crippen LogP contribution in [-0.2, 0) is 33.4 Å². The summed E-state index contributed by atoms with van der Waals surface area (Å²) in [5.74, 6) is -2.71. The first-order valence-corrected chi connectivity index (χ1v) is 9.50. The molecule has 25 heavy (non-hydrogen) atoms. The molecule has 8 heteroatoms. The molecule has 0 N–H and O–H groups in total. The van der Waals surface area contributed by atoms with Crippen LogP contribution in [-0.4, -0.2) is 39.7 Å². The van der Waals surface area contributed by atoms with Gasteiger partial charge in [-0.3, -0.25) is 8.98 Å². The Bertz CT molecular complexity index is 679. The molecular weight excluding hydrogens is 348 g/mol. The van der Waals surface area contributed by atoms with Crippen molar-refractivity contribution in [3.8, 4) is 0 Å². The number of carbonyl (C=O) groups is 2. The fourth-order valence-corrected chi connectivity index (χ4v) is 3.21. The van der Waals surface area contributed by atoms with Crippen LogP contribution in [0.3, 0.4) is 0 Å². The van der Waals surface area contributed by atoms with E-state index in [9.17, 15) is 18.0 Å². The van der Waals surface area contributed by atoms with Gasteiger partial charge in [-0.2, -0.15) is 8.42 Å². The first-order valence-electron chi connectivity index (χ1n) is 8.10. The summed E-state index contributed by atoms with van der Waals surface area (Å²) >= 11 is 0. The third-order valence-electron chi connectivity index (χ3n) is 3.45. The van der Waals surface area contributed by atoms with Gasteiger partial charge in [0.25, 0.3) is 10.1 Å². The predicted octanol–water partition coefficient (Wildman–Crippen LogP) is 2.22. The standard InChI is InChI=1S/C17H24O7S/c1-5-14(16(18)22-6-2)15(17(19)23-7-3)24-25(20,21)13-10-8-12(4)9-11-13/h8-11,14-15H,5-7H2,1-4H3/t14-,15+/m0/s1. The maximum atomic E-state index is 12.5. The highest BCUT2D eigenvalue weighted by atomic mass is 32.2. The Kier molecular flexibility index (Phi) is 8.05. The van der Waals surface area contributed by atoms with E-state index in [1.807, 2.05) is 6.92 Å². The zero-order chi connectivity index (χ0) is 19.0. The van der Waals surface area contributed by atoms with E-state index in [4.69, 9.17) is 13.7 Å². The van der Waals surface area contributed by atoms with Crippen molar-refractivity contribution in [3.63, 3.8) is 0 Å². The fourth-order valence-electron chi connectivity index (χ4n) is 2.15. The Morgan fingerprint density at radius 2 is 1.48 bits per heavy atom. The van der Waals surface area contributed by atoms with Gasteiger partial charge in [0.05, 0.1) is 24.0 Å². The van der Waals surface area contributed by atoms with Gasteiger partial charge in [0.15, 0.2) is 6.10 Å². The molecule has 0 spiro atoms. The van der Waals surface area contributed by atoms with Crippen LogP contribution < -0.4 is 0 Å². The molecule has 2 atom stereocenters. The van der Waals surface area contributed by atoms with E-state index in [1.165, 1.54) is 12.1 Å². The van der Waals surface area contributed by atoms with Crippen molar-refractivity contribution < 1.29 is 31.7 Å². The Labute approximate surface area is 148 Å². The van der Waals surface area contributed by atoms with Crippen molar-refractivity contribution in [1.82, 2.24) is 0 Å². The molecule has 0 bridgehead atoms. The zero-order valence-electron chi connectivity index (χ0n) is 14.9. The molecule has 0 saturated carbocycles. The first kappa shape index (κ1) is 21.1. The second kappa shape index (κ2) is 9.53. The third-order valence-corrected chi connectivity index (χ3v) is 4.76. The van der Waals surface area contributed by atoms with Gasteiger partial charge < -0.3 is 9.47 Å². The van der Waals surface area contributed by atoms with Crippen molar-refractivity contribution in [2.24, 2.45) is 5.92 Å². The highest BCUT2D eigenvalue weighted by Crippen LogP contribution is 2.22. The molecule has 1 aromatic rings. The van der Waals surface area contributed by atoms with Gasteiger partial charge in [0, 0.05) is 0 Å². The van der Waals surface area contributed by atoms with Crippen LogP contribution >= 0.6 is 0 Å². The van der Waals surface area contributed by atoms with Gasteiger partial charge >= 0.3 is 11.9 Å². The summed E-state index contributed by atoms with van der Waals surface area (Å²) in [5.41, 5.74) is 0.874. The molecule has 0 fully saturated rings. The van der Waals surface area contributed by atoms with Gasteiger partial charge in [-0.1, -0.05) is 24.6 Å². The molecule has 7 nitrogen and oxygen atoms in total. The lowest BCUT2D eigenvalue weighted by Crippen LogP contribution is -2.40. The zero-order valence-corrected chi connectivity index (χ0v) is 15.7. The molecule has 0 heterocycles. The van der Waals surface area contributed by atoms with Crippen molar-refractivity contribution in [1.29, 1.82) is 0 Å². The van der Waals surface area contributed by atoms with Gasteiger partial charge in [0.2, 0.25) is 0 Å². The number of aryl methyl sites for hydroxylation is 1. The second-order valence-corrected chi connectivity index (χ2v) is 6.87. The van der Waals surface area contributed by atoms with E-state index in [0.717, 1.165) is 5.56 Å². The summed E-state index contributed by atoms with van der Waals surface area (Å²) in [6.45, 7) is 6.78. The predicted molar refractivity (Wildman–Crippen MR) is 90.3 cm³/mol. The quantitative estimate of drug-likeness (QED) is 0.484. The Balaban J connectivity index is 3.16. The highest BCUT2D eigenvalue weighted by molar-refractivity contribution is 7.86. The monoisotopic (exact) mass is 372 g/mol. The number of hydrogen-bond acceptors (Lipinski definition) is 7. The van der Waals surface area contributed by atoms with Crippen molar-refractivity contribution in [3.05, 3.63) is 29.8 Å². The molecule has 0 aliphatic heterocycles. The number of benzene rings is 1. The largest absolute Gasteiger partial charge is 0.466 e. The van der Waals surface area contributed by atoms with E-state index >= 15 is 0 Å². The normalized spacial score (nSPS) is 13.8. The van der Waals surface area contributed by atoms with Crippen LogP contribution in [0.1, 0.15) is 32.8 Å². The van der Waals surface area contributed by atoms with Gasteiger partial charge in [0.1, 0.15) is 0 Å². The molecular formula is C17H24O7S. The van der Waals surface area contributed by atoms with Crippen LogP contribution in [0.4, 0.5) is 0 Å². The van der Waals surface area contributed by atoms with Crippen LogP contribution in [0.5, 0.6) is 0 Å². The van der Waals surface area contributed by atoms with Gasteiger partial charge in [-0.05, 0) is 39.3 Å². The van der Waals surface area contributed by atoms with Crippen LogP contribution in [0.25, 0.3) is 0 Å². The minimum absolute atomic E-state index is 0.0303. The topological polar surface area (TPSA) is 96.0 Å². The molecule has 1 aromatic carbocycles. The Hall–Kier alpha value is -1.93. The molecule has 0 amide bonds. The summed E-state index contributed by atoms with van der Waals surface area (Å²) in [6.07, 6.45) is -1.44. The minimum atomic E-state index is -4.25. The van der Waals surface area contributed by atoms with E-state index in [1.54, 1.807) is 32.9 Å². The number of hydrogen-bond donors (Lipinski definition) is 0. The van der Waals surface area contributed by atoms with Gasteiger partial charge in [-0.15, -0.1) is 0 Å². The lowest BCUT2D eigenvalue weighted by Gasteiger charge is -2.22. The van der Waals surface area contributed by atoms with Crippen LogP contribution in [0, 0.1) is 12.8 Å². The fraction of sp³-hybridized carbons (Fsp3) is 0.529. The average Bonchev–Trinajstić information content (AvgIpc) is 2.55. The molecule has 1 rings (SSSR count). The van der Waals surface area contributed by atoms with Crippen LogP contribution in [0.15, 0.2) is 29.2 Å². The molecule has 140 valence electrons. The van der Waals surface area contributed by atoms with E-state index in [2.05, 4.69) is 0 Å². The summed E-state index contributed by atoms with van der Waals surface area (Å²) in [6, 6.07) is 5.97. The smallest absolute Gasteiger partial charge is 0.337 e. The van der Waals surface area contributed by atoms with Crippen molar-refractivity contribution in [2.75, 3.05) is 13.2 Å². The van der Waals surface area contributed by atoms with Gasteiger partial charge in [-0.25, -0.2) is 4.79 Å². The summed E-state index contributed by atoms with van der Waals surface area (Å²) in [5, 5.41) is 0. The summed E-state index contributed by atoms with van der Waals surface area (Å²) < 4.78 is 39.9. The summed E-state index contributed by atoms with van der Waals surface area (Å²) in [7, 11) is -4.25. The molecule has 0 unspecified atom stereocenters. The molecule has 0 aliphatic carbocycles. The molecule has 0 aromatic heterocycles. The second-order valence-electron chi connectivity index (χ2n) is 5.30. The van der Waals surface area contributed by atoms with E-state index < -0.39 is 34.1 Å². The Morgan fingerprint density at radius 3 is 1.96 bits per heavy atom.